The van der Waals surface area contributed by atoms with Gasteiger partial charge < -0.3 is 5.11 Å². The smallest absolute Gasteiger partial charge is 0.162 e. The van der Waals surface area contributed by atoms with Crippen LogP contribution in [0.5, 0.6) is 0 Å². The van der Waals surface area contributed by atoms with Gasteiger partial charge in [0.1, 0.15) is 5.82 Å². The molecule has 1 radical (unpaired) electrons. The minimum atomic E-state index is -0.130. The fourth-order valence-corrected chi connectivity index (χ4v) is 6.96. The summed E-state index contributed by atoms with van der Waals surface area (Å²) >= 11 is 1.49. The second-order valence-corrected chi connectivity index (χ2v) is 12.6. The molecule has 0 fully saturated rings. The zero-order valence-electron chi connectivity index (χ0n) is 26.8. The van der Waals surface area contributed by atoms with E-state index < -0.39 is 0 Å². The molecule has 5 rings (SSSR count). The molecular formula is C38H43FIrNO2S-. The summed E-state index contributed by atoms with van der Waals surface area (Å²) in [6, 6.07) is 19.9. The third kappa shape index (κ3) is 7.47. The number of benzene rings is 3. The Morgan fingerprint density at radius 1 is 0.932 bits per heavy atom. The SMILES string of the molecule is CCC(CC)C(=O)/C=C(\O)C(CC)CC.Cc1ccc2c(sc3c(-c4[c-]c5ccccc5c(C(C)C)c4)nccc32)c1F.[Ir]. The average Bonchev–Trinajstić information content (AvgIpc) is 3.39. The summed E-state index contributed by atoms with van der Waals surface area (Å²) in [6.45, 7) is 14.3. The van der Waals surface area contributed by atoms with Crippen LogP contribution in [0.25, 0.3) is 42.2 Å². The fraction of sp³-hybridized carbons (Fsp3) is 0.368. The van der Waals surface area contributed by atoms with Crippen LogP contribution in [0.15, 0.2) is 66.6 Å². The third-order valence-electron chi connectivity index (χ3n) is 8.46. The standard InChI is InChI=1S/C25H19FNS.C13H24O2.Ir/c1-14(2)21-13-17(12-16-6-4-5-7-18(16)21)23-25-20(10-11-27-23)19-9-8-15(3)22(26)24(19)28-25;1-5-10(6-2)12(14)9-13(15)11(7-3)8-4;/h4-11,13-14H,1-3H3;9-11,14H,5-8H2,1-4H3;/q-1;;/b;12-9-;. The minimum Gasteiger partial charge on any atom is -0.512 e. The van der Waals surface area contributed by atoms with E-state index in [2.05, 4.69) is 49.2 Å². The molecule has 5 aromatic rings. The number of nitrogens with zero attached hydrogens (tertiary/aromatic N) is 1. The normalized spacial score (nSPS) is 11.8. The van der Waals surface area contributed by atoms with Gasteiger partial charge in [-0.1, -0.05) is 82.8 Å². The Hall–Kier alpha value is -2.92. The number of halogens is 1. The molecular weight excluding hydrogens is 746 g/mol. The van der Waals surface area contributed by atoms with Crippen molar-refractivity contribution in [2.75, 3.05) is 0 Å². The number of aryl methyl sites for hydroxylation is 1. The number of aromatic nitrogens is 1. The molecule has 1 N–H and O–H groups in total. The molecule has 0 bridgehead atoms. The molecule has 0 aliphatic rings. The Morgan fingerprint density at radius 2 is 1.57 bits per heavy atom. The number of pyridine rings is 1. The van der Waals surface area contributed by atoms with Gasteiger partial charge >= 0.3 is 0 Å². The number of aliphatic hydroxyl groups is 1. The van der Waals surface area contributed by atoms with Crippen LogP contribution >= 0.6 is 11.3 Å². The van der Waals surface area contributed by atoms with Gasteiger partial charge in [0.25, 0.3) is 0 Å². The van der Waals surface area contributed by atoms with Crippen molar-refractivity contribution in [2.24, 2.45) is 11.8 Å². The Balaban J connectivity index is 0.000000286. The molecule has 3 nitrogen and oxygen atoms in total. The molecule has 0 saturated carbocycles. The van der Waals surface area contributed by atoms with E-state index in [0.29, 0.717) is 16.2 Å². The zero-order chi connectivity index (χ0) is 31.3. The molecule has 6 heteroatoms. The predicted octanol–water partition coefficient (Wildman–Crippen LogP) is 11.5. The molecule has 0 unspecified atom stereocenters. The van der Waals surface area contributed by atoms with E-state index in [4.69, 9.17) is 0 Å². The molecule has 235 valence electrons. The number of hydrogen-bond acceptors (Lipinski definition) is 4. The summed E-state index contributed by atoms with van der Waals surface area (Å²) in [5.74, 6) is 0.807. The van der Waals surface area contributed by atoms with Crippen molar-refractivity contribution >= 4 is 48.1 Å². The molecule has 44 heavy (non-hydrogen) atoms. The molecule has 0 amide bonds. The Labute approximate surface area is 279 Å². The number of carbonyl (C=O) groups is 1. The van der Waals surface area contributed by atoms with Crippen molar-refractivity contribution in [3.63, 3.8) is 0 Å². The first-order chi connectivity index (χ1) is 20.6. The number of aliphatic hydroxyl groups excluding tert-OH is 1. The second-order valence-electron chi connectivity index (χ2n) is 11.5. The molecule has 0 saturated heterocycles. The van der Waals surface area contributed by atoms with E-state index in [0.717, 1.165) is 57.8 Å². The first-order valence-electron chi connectivity index (χ1n) is 15.5. The van der Waals surface area contributed by atoms with Crippen molar-refractivity contribution < 1.29 is 34.4 Å². The van der Waals surface area contributed by atoms with Crippen LogP contribution in [0.1, 0.15) is 84.3 Å². The maximum atomic E-state index is 14.7. The maximum Gasteiger partial charge on any atom is 0.162 e. The quantitative estimate of drug-likeness (QED) is 0.0919. The number of hydrogen-bond donors (Lipinski definition) is 1. The number of allylic oxidation sites excluding steroid dienone is 2. The molecule has 2 heterocycles. The van der Waals surface area contributed by atoms with Gasteiger partial charge in [-0.05, 0) is 55.5 Å². The summed E-state index contributed by atoms with van der Waals surface area (Å²) in [5, 5.41) is 14.1. The largest absolute Gasteiger partial charge is 0.512 e. The van der Waals surface area contributed by atoms with E-state index in [9.17, 15) is 14.3 Å². The van der Waals surface area contributed by atoms with Crippen molar-refractivity contribution in [2.45, 2.75) is 80.1 Å². The molecule has 0 aliphatic heterocycles. The third-order valence-corrected chi connectivity index (χ3v) is 9.68. The van der Waals surface area contributed by atoms with Crippen LogP contribution in [0, 0.1) is 30.6 Å². The Bertz CT molecular complexity index is 1770. The van der Waals surface area contributed by atoms with E-state index in [-0.39, 0.29) is 49.3 Å². The number of fused-ring (bicyclic) bond motifs is 4. The van der Waals surface area contributed by atoms with E-state index in [1.165, 1.54) is 28.4 Å². The van der Waals surface area contributed by atoms with E-state index in [1.54, 1.807) is 0 Å². The first-order valence-corrected chi connectivity index (χ1v) is 16.3. The Kier molecular flexibility index (Phi) is 12.8. The average molecular weight is 789 g/mol. The number of rotatable bonds is 9. The van der Waals surface area contributed by atoms with Gasteiger partial charge in [0.05, 0.1) is 10.5 Å². The van der Waals surface area contributed by atoms with Gasteiger partial charge in [0.15, 0.2) is 5.78 Å². The summed E-state index contributed by atoms with van der Waals surface area (Å²) in [7, 11) is 0. The van der Waals surface area contributed by atoms with Crippen LogP contribution in [-0.2, 0) is 24.9 Å². The summed E-state index contributed by atoms with van der Waals surface area (Å²) in [6.07, 6.45) is 6.73. The van der Waals surface area contributed by atoms with Crippen molar-refractivity contribution in [1.29, 1.82) is 0 Å². The maximum absolute atomic E-state index is 14.7. The van der Waals surface area contributed by atoms with Crippen LogP contribution in [0.2, 0.25) is 0 Å². The minimum absolute atomic E-state index is 0. The summed E-state index contributed by atoms with van der Waals surface area (Å²) in [5.41, 5.74) is 3.80. The molecule has 0 atom stereocenters. The molecule has 2 aromatic heterocycles. The molecule has 0 spiro atoms. The molecule has 3 aromatic carbocycles. The van der Waals surface area contributed by atoms with Gasteiger partial charge in [-0.25, -0.2) is 4.39 Å². The monoisotopic (exact) mass is 789 g/mol. The van der Waals surface area contributed by atoms with Gasteiger partial charge in [-0.15, -0.1) is 40.5 Å². The fourth-order valence-electron chi connectivity index (χ4n) is 5.67. The number of carbonyl (C=O) groups excluding carboxylic acids is 1. The number of thiophene rings is 1. The zero-order valence-corrected chi connectivity index (χ0v) is 30.0. The first kappa shape index (κ1) is 35.6. The van der Waals surface area contributed by atoms with E-state index >= 15 is 0 Å². The molecule has 0 aliphatic carbocycles. The summed E-state index contributed by atoms with van der Waals surface area (Å²) in [4.78, 5) is 16.4. The topological polar surface area (TPSA) is 50.2 Å². The van der Waals surface area contributed by atoms with Gasteiger partial charge in [0, 0.05) is 60.0 Å². The summed E-state index contributed by atoms with van der Waals surface area (Å²) < 4.78 is 16.5. The van der Waals surface area contributed by atoms with Crippen molar-refractivity contribution in [1.82, 2.24) is 4.98 Å². The van der Waals surface area contributed by atoms with Crippen molar-refractivity contribution in [3.8, 4) is 11.3 Å². The van der Waals surface area contributed by atoms with Gasteiger partial charge in [-0.3, -0.25) is 9.78 Å². The van der Waals surface area contributed by atoms with Gasteiger partial charge in [-0.2, -0.15) is 0 Å². The van der Waals surface area contributed by atoms with Crippen LogP contribution in [0.4, 0.5) is 4.39 Å². The Morgan fingerprint density at radius 3 is 2.20 bits per heavy atom. The van der Waals surface area contributed by atoms with Crippen molar-refractivity contribution in [3.05, 3.63) is 89.6 Å². The van der Waals surface area contributed by atoms with Gasteiger partial charge in [0.2, 0.25) is 0 Å². The van der Waals surface area contributed by atoms with Crippen LogP contribution < -0.4 is 0 Å². The number of ketones is 1. The predicted molar refractivity (Wildman–Crippen MR) is 182 cm³/mol. The second kappa shape index (κ2) is 15.9. The van der Waals surface area contributed by atoms with E-state index in [1.807, 2.05) is 65.1 Å². The van der Waals surface area contributed by atoms with Crippen LogP contribution in [-0.4, -0.2) is 15.9 Å². The van der Waals surface area contributed by atoms with Crippen LogP contribution in [0.3, 0.4) is 0 Å².